The van der Waals surface area contributed by atoms with E-state index >= 15 is 0 Å². The second-order valence-corrected chi connectivity index (χ2v) is 9.07. The largest absolute Gasteiger partial charge is 0.400 e. The molecule has 0 aromatic rings. The molecular weight excluding hydrogens is 424 g/mol. The predicted molar refractivity (Wildman–Crippen MR) is 132 cm³/mol. The Bertz CT molecular complexity index is 744. The summed E-state index contributed by atoms with van der Waals surface area (Å²) in [7, 11) is -3.83. The first-order chi connectivity index (χ1) is 15.5. The highest BCUT2D eigenvalue weighted by Crippen LogP contribution is 2.17. The van der Waals surface area contributed by atoms with Gasteiger partial charge in [-0.2, -0.15) is 8.42 Å². The van der Waals surface area contributed by atoms with Crippen molar-refractivity contribution >= 4 is 16.2 Å². The van der Waals surface area contributed by atoms with Crippen LogP contribution in [0.3, 0.4) is 0 Å². The lowest BCUT2D eigenvalue weighted by molar-refractivity contribution is -0.119. The van der Waals surface area contributed by atoms with E-state index in [1.54, 1.807) is 0 Å². The quantitative estimate of drug-likeness (QED) is 0.167. The molecule has 0 radical (unpaired) electrons. The Morgan fingerprint density at radius 3 is 1.81 bits per heavy atom. The maximum atomic E-state index is 11.8. The number of allylic oxidation sites excluding steroid dienone is 10. The van der Waals surface area contributed by atoms with Crippen LogP contribution in [0.1, 0.15) is 84.0 Å². The van der Waals surface area contributed by atoms with Crippen molar-refractivity contribution in [1.82, 2.24) is 0 Å². The first-order valence-corrected chi connectivity index (χ1v) is 13.2. The van der Waals surface area contributed by atoms with Crippen LogP contribution in [0.4, 0.5) is 0 Å². The van der Waals surface area contributed by atoms with Crippen LogP contribution in [-0.4, -0.2) is 26.9 Å². The number of Topliss-reactive ketones (excluding diaryl/α,β-unsaturated/α-hetero) is 1. The lowest BCUT2D eigenvalue weighted by Gasteiger charge is -2.03. The molecule has 0 aliphatic carbocycles. The summed E-state index contributed by atoms with van der Waals surface area (Å²) in [5.41, 5.74) is 0. The maximum Gasteiger partial charge on any atom is 0.400 e. The molecule has 0 aromatic carbocycles. The minimum atomic E-state index is -3.83. The van der Waals surface area contributed by atoms with Gasteiger partial charge in [-0.3, -0.25) is 4.79 Å². The Morgan fingerprint density at radius 1 is 0.781 bits per heavy atom. The van der Waals surface area contributed by atoms with Crippen molar-refractivity contribution in [3.8, 4) is 0 Å². The zero-order chi connectivity index (χ0) is 23.3. The van der Waals surface area contributed by atoms with Gasteiger partial charge in [-0.1, -0.05) is 80.5 Å². The predicted octanol–water partition coefficient (Wildman–Crippen LogP) is 6.70. The highest BCUT2D eigenvalue weighted by molar-refractivity contribution is 7.82. The van der Waals surface area contributed by atoms with Gasteiger partial charge in [-0.05, 0) is 51.4 Å². The third-order valence-electron chi connectivity index (χ3n) is 4.88. The Kier molecular flexibility index (Phi) is 16.6. The molecule has 1 saturated heterocycles. The number of unbranched alkanes of at least 4 members (excludes halogenated alkanes) is 3. The molecule has 1 aliphatic heterocycles. The summed E-state index contributed by atoms with van der Waals surface area (Å²) >= 11 is 0. The van der Waals surface area contributed by atoms with Crippen molar-refractivity contribution in [2.24, 2.45) is 0 Å². The van der Waals surface area contributed by atoms with E-state index in [4.69, 9.17) is 4.18 Å². The molecule has 0 saturated carbocycles. The van der Waals surface area contributed by atoms with E-state index in [1.807, 2.05) is 6.08 Å². The molecular formula is C26H40O5S. The van der Waals surface area contributed by atoms with Crippen LogP contribution >= 0.6 is 0 Å². The average molecular weight is 465 g/mol. The van der Waals surface area contributed by atoms with E-state index in [2.05, 4.69) is 65.8 Å². The number of hydrogen-bond acceptors (Lipinski definition) is 5. The maximum absolute atomic E-state index is 11.8. The van der Waals surface area contributed by atoms with Gasteiger partial charge in [-0.25, -0.2) is 8.37 Å². The standard InChI is InChI=1S/C26H40O5S/c1-2-3-4-5-6-7-8-9-10-11-12-13-14-15-16-17-18-19-20-21-25(27)22-23-26-24-30-32(28,29)31-26/h6-7,9-10,12-13,15-16,18-19,26H,2-5,8,11,14,17,20-24H2,1H3/b7-6-,10-9-,13-12-,16-15-,19-18-. The van der Waals surface area contributed by atoms with Gasteiger partial charge in [0.05, 0.1) is 6.61 Å². The third-order valence-corrected chi connectivity index (χ3v) is 5.82. The van der Waals surface area contributed by atoms with Gasteiger partial charge in [0.25, 0.3) is 0 Å². The molecule has 0 N–H and O–H groups in total. The Labute approximate surface area is 195 Å². The molecule has 1 unspecified atom stereocenters. The molecule has 1 heterocycles. The van der Waals surface area contributed by atoms with Crippen molar-refractivity contribution in [3.05, 3.63) is 60.8 Å². The second kappa shape index (κ2) is 18.8. The van der Waals surface area contributed by atoms with Gasteiger partial charge in [0.1, 0.15) is 11.9 Å². The summed E-state index contributed by atoms with van der Waals surface area (Å²) in [5, 5.41) is 0. The van der Waals surface area contributed by atoms with E-state index < -0.39 is 16.5 Å². The van der Waals surface area contributed by atoms with E-state index in [0.29, 0.717) is 25.7 Å². The average Bonchev–Trinajstić information content (AvgIpc) is 3.12. The van der Waals surface area contributed by atoms with Crippen LogP contribution in [0.5, 0.6) is 0 Å². The molecule has 0 spiro atoms. The van der Waals surface area contributed by atoms with Crippen LogP contribution in [0.2, 0.25) is 0 Å². The van der Waals surface area contributed by atoms with Crippen LogP contribution in [-0.2, 0) is 23.6 Å². The fourth-order valence-electron chi connectivity index (χ4n) is 3.04. The van der Waals surface area contributed by atoms with Gasteiger partial charge >= 0.3 is 10.4 Å². The fourth-order valence-corrected chi connectivity index (χ4v) is 3.90. The van der Waals surface area contributed by atoms with Crippen LogP contribution < -0.4 is 0 Å². The summed E-state index contributed by atoms with van der Waals surface area (Å²) in [6.45, 7) is 2.23. The molecule has 0 amide bonds. The van der Waals surface area contributed by atoms with E-state index in [9.17, 15) is 13.2 Å². The summed E-state index contributed by atoms with van der Waals surface area (Å²) in [4.78, 5) is 11.8. The highest BCUT2D eigenvalue weighted by atomic mass is 32.3. The Balaban J connectivity index is 1.95. The summed E-state index contributed by atoms with van der Waals surface area (Å²) in [6.07, 6.45) is 31.9. The second-order valence-electron chi connectivity index (χ2n) is 7.82. The molecule has 1 rings (SSSR count). The van der Waals surface area contributed by atoms with Crippen molar-refractivity contribution < 1.29 is 21.6 Å². The molecule has 1 atom stereocenters. The molecule has 0 aromatic heterocycles. The summed E-state index contributed by atoms with van der Waals surface area (Å²) in [6, 6.07) is 0. The van der Waals surface area contributed by atoms with E-state index in [0.717, 1.165) is 25.7 Å². The first kappa shape index (κ1) is 28.3. The lowest BCUT2D eigenvalue weighted by atomic mass is 10.1. The molecule has 32 heavy (non-hydrogen) atoms. The van der Waals surface area contributed by atoms with E-state index in [1.165, 1.54) is 25.7 Å². The highest BCUT2D eigenvalue weighted by Gasteiger charge is 2.29. The summed E-state index contributed by atoms with van der Waals surface area (Å²) in [5.74, 6) is 0.111. The monoisotopic (exact) mass is 464 g/mol. The molecule has 1 aliphatic rings. The SMILES string of the molecule is CCCCC/C=C\C/C=C\C/C=C\C/C=C\C/C=C\CCC(=O)CCC1COS(=O)(=O)O1. The van der Waals surface area contributed by atoms with Crippen LogP contribution in [0.25, 0.3) is 0 Å². The Hall–Kier alpha value is -1.76. The Morgan fingerprint density at radius 2 is 1.31 bits per heavy atom. The molecule has 0 bridgehead atoms. The number of rotatable bonds is 18. The number of carbonyl (C=O) groups is 1. The molecule has 5 nitrogen and oxygen atoms in total. The molecule has 180 valence electrons. The van der Waals surface area contributed by atoms with Gasteiger partial charge in [0.2, 0.25) is 0 Å². The van der Waals surface area contributed by atoms with E-state index in [-0.39, 0.29) is 12.4 Å². The number of hydrogen-bond donors (Lipinski definition) is 0. The van der Waals surface area contributed by atoms with Gasteiger partial charge in [0, 0.05) is 12.8 Å². The minimum absolute atomic E-state index is 0.00456. The lowest BCUT2D eigenvalue weighted by Crippen LogP contribution is -2.12. The van der Waals surface area contributed by atoms with Crippen molar-refractivity contribution in [3.63, 3.8) is 0 Å². The number of carbonyl (C=O) groups excluding carboxylic acids is 1. The van der Waals surface area contributed by atoms with Crippen molar-refractivity contribution in [1.29, 1.82) is 0 Å². The first-order valence-electron chi connectivity index (χ1n) is 11.9. The normalized spacial score (nSPS) is 19.0. The zero-order valence-electron chi connectivity index (χ0n) is 19.5. The fraction of sp³-hybridized carbons (Fsp3) is 0.577. The number of ketones is 1. The minimum Gasteiger partial charge on any atom is -0.300 e. The summed E-state index contributed by atoms with van der Waals surface area (Å²) < 4.78 is 31.2. The van der Waals surface area contributed by atoms with Crippen LogP contribution in [0.15, 0.2) is 60.8 Å². The van der Waals surface area contributed by atoms with Gasteiger partial charge in [-0.15, -0.1) is 0 Å². The van der Waals surface area contributed by atoms with Crippen LogP contribution in [0, 0.1) is 0 Å². The molecule has 6 heteroatoms. The van der Waals surface area contributed by atoms with Gasteiger partial charge in [0.15, 0.2) is 0 Å². The molecule has 1 fully saturated rings. The zero-order valence-corrected chi connectivity index (χ0v) is 20.3. The topological polar surface area (TPSA) is 69.7 Å². The van der Waals surface area contributed by atoms with Crippen molar-refractivity contribution in [2.45, 2.75) is 90.1 Å². The smallest absolute Gasteiger partial charge is 0.300 e. The third kappa shape index (κ3) is 16.9. The van der Waals surface area contributed by atoms with Gasteiger partial charge < -0.3 is 0 Å². The van der Waals surface area contributed by atoms with Crippen molar-refractivity contribution in [2.75, 3.05) is 6.61 Å².